The number of aromatic nitrogens is 2. The second-order valence-corrected chi connectivity index (χ2v) is 3.61. The van der Waals surface area contributed by atoms with Gasteiger partial charge in [0.25, 0.3) is 0 Å². The van der Waals surface area contributed by atoms with Crippen LogP contribution in [-0.2, 0) is 16.1 Å². The highest BCUT2D eigenvalue weighted by atomic mass is 16.5. The minimum Gasteiger partial charge on any atom is -0.394 e. The molecule has 1 aromatic rings. The van der Waals surface area contributed by atoms with Crippen molar-refractivity contribution in [2.24, 2.45) is 5.73 Å². The molecule has 0 bridgehead atoms. The Balaban J connectivity index is 2.43. The summed E-state index contributed by atoms with van der Waals surface area (Å²) in [5.74, 6) is 0.312. The van der Waals surface area contributed by atoms with E-state index in [0.717, 1.165) is 18.1 Å². The van der Waals surface area contributed by atoms with Gasteiger partial charge < -0.3 is 21.5 Å². The van der Waals surface area contributed by atoms with Crippen LogP contribution in [0.5, 0.6) is 0 Å². The summed E-state index contributed by atoms with van der Waals surface area (Å²) in [7, 11) is 0. The number of nitrogens with two attached hydrogens (primary N) is 2. The topological polar surface area (TPSA) is 108 Å². The van der Waals surface area contributed by atoms with Crippen LogP contribution >= 0.6 is 0 Å². The lowest BCUT2D eigenvalue weighted by Crippen LogP contribution is -2.21. The molecule has 0 saturated carbocycles. The number of aryl methyl sites for hydroxylation is 2. The summed E-state index contributed by atoms with van der Waals surface area (Å²) in [5, 5.41) is 7.40. The number of hydrogen-bond acceptors (Lipinski definition) is 5. The third-order valence-electron chi connectivity index (χ3n) is 2.26. The number of rotatable bonds is 7. The van der Waals surface area contributed by atoms with Crippen molar-refractivity contribution in [3.63, 3.8) is 0 Å². The molecule has 0 aliphatic heterocycles. The van der Waals surface area contributed by atoms with Gasteiger partial charge in [0.15, 0.2) is 0 Å². The SMILES string of the molecule is CCn1nc(C)c(N)c1NCCOCC(N)=O. The Labute approximate surface area is 100 Å². The van der Waals surface area contributed by atoms with E-state index in [2.05, 4.69) is 10.4 Å². The van der Waals surface area contributed by atoms with Crippen LogP contribution in [0.25, 0.3) is 0 Å². The molecule has 0 aromatic carbocycles. The van der Waals surface area contributed by atoms with Crippen LogP contribution in [0.15, 0.2) is 0 Å². The molecule has 96 valence electrons. The molecule has 7 nitrogen and oxygen atoms in total. The molecule has 0 atom stereocenters. The van der Waals surface area contributed by atoms with Crippen LogP contribution in [0.1, 0.15) is 12.6 Å². The minimum atomic E-state index is -0.473. The lowest BCUT2D eigenvalue weighted by Gasteiger charge is -2.09. The van der Waals surface area contributed by atoms with Crippen LogP contribution < -0.4 is 16.8 Å². The van der Waals surface area contributed by atoms with Gasteiger partial charge in [0.05, 0.1) is 18.0 Å². The highest BCUT2D eigenvalue weighted by Crippen LogP contribution is 2.21. The van der Waals surface area contributed by atoms with Crippen LogP contribution in [0.4, 0.5) is 11.5 Å². The van der Waals surface area contributed by atoms with Crippen molar-refractivity contribution in [3.05, 3.63) is 5.69 Å². The van der Waals surface area contributed by atoms with Crippen LogP contribution in [0.3, 0.4) is 0 Å². The number of amides is 1. The summed E-state index contributed by atoms with van der Waals surface area (Å²) >= 11 is 0. The maximum atomic E-state index is 10.4. The zero-order chi connectivity index (χ0) is 12.8. The van der Waals surface area contributed by atoms with Gasteiger partial charge in [-0.15, -0.1) is 0 Å². The van der Waals surface area contributed by atoms with E-state index in [1.165, 1.54) is 0 Å². The summed E-state index contributed by atoms with van der Waals surface area (Å²) in [5.41, 5.74) is 12.3. The predicted octanol–water partition coefficient (Wildman–Crippen LogP) is -0.293. The molecular weight excluding hydrogens is 222 g/mol. The smallest absolute Gasteiger partial charge is 0.243 e. The van der Waals surface area contributed by atoms with Crippen molar-refractivity contribution in [2.75, 3.05) is 30.8 Å². The number of ether oxygens (including phenoxy) is 1. The van der Waals surface area contributed by atoms with Crippen molar-refractivity contribution in [1.29, 1.82) is 0 Å². The van der Waals surface area contributed by atoms with E-state index >= 15 is 0 Å². The quantitative estimate of drug-likeness (QED) is 0.568. The first kappa shape index (κ1) is 13.3. The fraction of sp³-hybridized carbons (Fsp3) is 0.600. The van der Waals surface area contributed by atoms with E-state index < -0.39 is 5.91 Å². The second kappa shape index (κ2) is 6.09. The Morgan fingerprint density at radius 2 is 2.29 bits per heavy atom. The molecule has 0 saturated heterocycles. The standard InChI is InChI=1S/C10H19N5O2/c1-3-15-10(9(12)7(2)14-15)13-4-5-17-6-8(11)16/h13H,3-6,12H2,1-2H3,(H2,11,16). The average Bonchev–Trinajstić information content (AvgIpc) is 2.55. The Hall–Kier alpha value is -1.76. The number of carbonyl (C=O) groups is 1. The molecule has 0 unspecified atom stereocenters. The lowest BCUT2D eigenvalue weighted by atomic mass is 10.4. The molecule has 1 amide bonds. The maximum absolute atomic E-state index is 10.4. The average molecular weight is 241 g/mol. The van der Waals surface area contributed by atoms with Gasteiger partial charge in [0.2, 0.25) is 5.91 Å². The zero-order valence-corrected chi connectivity index (χ0v) is 10.2. The first-order chi connectivity index (χ1) is 8.06. The van der Waals surface area contributed by atoms with Crippen molar-refractivity contribution < 1.29 is 9.53 Å². The summed E-state index contributed by atoms with van der Waals surface area (Å²) in [6.07, 6.45) is 0. The number of primary amides is 1. The van der Waals surface area contributed by atoms with E-state index in [0.29, 0.717) is 18.8 Å². The van der Waals surface area contributed by atoms with Gasteiger partial charge in [-0.25, -0.2) is 4.68 Å². The van der Waals surface area contributed by atoms with Crippen LogP contribution in [0.2, 0.25) is 0 Å². The van der Waals surface area contributed by atoms with Gasteiger partial charge in [0.1, 0.15) is 12.4 Å². The molecule has 1 aromatic heterocycles. The van der Waals surface area contributed by atoms with Crippen molar-refractivity contribution in [3.8, 4) is 0 Å². The van der Waals surface area contributed by atoms with E-state index in [9.17, 15) is 4.79 Å². The molecule has 0 fully saturated rings. The van der Waals surface area contributed by atoms with Gasteiger partial charge in [-0.05, 0) is 13.8 Å². The summed E-state index contributed by atoms with van der Waals surface area (Å²) in [4.78, 5) is 10.4. The zero-order valence-electron chi connectivity index (χ0n) is 10.2. The number of carbonyl (C=O) groups excluding carboxylic acids is 1. The minimum absolute atomic E-state index is 0.0662. The highest BCUT2D eigenvalue weighted by Gasteiger charge is 2.10. The van der Waals surface area contributed by atoms with E-state index in [1.54, 1.807) is 4.68 Å². The predicted molar refractivity (Wildman–Crippen MR) is 65.6 cm³/mol. The van der Waals surface area contributed by atoms with E-state index in [-0.39, 0.29) is 6.61 Å². The van der Waals surface area contributed by atoms with Gasteiger partial charge in [-0.1, -0.05) is 0 Å². The molecular formula is C10H19N5O2. The van der Waals surface area contributed by atoms with Gasteiger partial charge in [-0.3, -0.25) is 4.79 Å². The molecule has 7 heteroatoms. The van der Waals surface area contributed by atoms with Gasteiger partial charge >= 0.3 is 0 Å². The van der Waals surface area contributed by atoms with Crippen LogP contribution in [0, 0.1) is 6.92 Å². The monoisotopic (exact) mass is 241 g/mol. The molecule has 17 heavy (non-hydrogen) atoms. The molecule has 0 radical (unpaired) electrons. The first-order valence-electron chi connectivity index (χ1n) is 5.49. The number of nitrogens with zero attached hydrogens (tertiary/aromatic N) is 2. The van der Waals surface area contributed by atoms with E-state index in [1.807, 2.05) is 13.8 Å². The number of nitrogens with one attached hydrogen (secondary N) is 1. The molecule has 5 N–H and O–H groups in total. The molecule has 1 heterocycles. The highest BCUT2D eigenvalue weighted by molar-refractivity contribution is 5.75. The first-order valence-corrected chi connectivity index (χ1v) is 5.49. The normalized spacial score (nSPS) is 10.5. The summed E-state index contributed by atoms with van der Waals surface area (Å²) in [6, 6.07) is 0. The van der Waals surface area contributed by atoms with E-state index in [4.69, 9.17) is 16.2 Å². The summed E-state index contributed by atoms with van der Waals surface area (Å²) < 4.78 is 6.82. The Kier molecular flexibility index (Phi) is 4.77. The van der Waals surface area contributed by atoms with Crippen molar-refractivity contribution in [2.45, 2.75) is 20.4 Å². The molecule has 1 rings (SSSR count). The maximum Gasteiger partial charge on any atom is 0.243 e. The van der Waals surface area contributed by atoms with Crippen LogP contribution in [-0.4, -0.2) is 35.4 Å². The fourth-order valence-electron chi connectivity index (χ4n) is 1.42. The van der Waals surface area contributed by atoms with Gasteiger partial charge in [0, 0.05) is 13.1 Å². The Morgan fingerprint density at radius 1 is 1.59 bits per heavy atom. The lowest BCUT2D eigenvalue weighted by molar-refractivity contribution is -0.122. The number of hydrogen-bond donors (Lipinski definition) is 3. The molecule has 0 spiro atoms. The number of anilines is 2. The Bertz CT molecular complexity index is 388. The molecule has 0 aliphatic carbocycles. The third kappa shape index (κ3) is 3.63. The largest absolute Gasteiger partial charge is 0.394 e. The third-order valence-corrected chi connectivity index (χ3v) is 2.26. The second-order valence-electron chi connectivity index (χ2n) is 3.61. The number of nitrogen functional groups attached to an aromatic ring is 1. The van der Waals surface area contributed by atoms with Gasteiger partial charge in [-0.2, -0.15) is 5.10 Å². The van der Waals surface area contributed by atoms with Crippen molar-refractivity contribution >= 4 is 17.4 Å². The molecule has 0 aliphatic rings. The Morgan fingerprint density at radius 3 is 2.88 bits per heavy atom. The fourth-order valence-corrected chi connectivity index (χ4v) is 1.42. The van der Waals surface area contributed by atoms with Crippen molar-refractivity contribution in [1.82, 2.24) is 9.78 Å². The summed E-state index contributed by atoms with van der Waals surface area (Å²) in [6.45, 7) is 5.45.